The number of pyridine rings is 1. The van der Waals surface area contributed by atoms with E-state index in [1.807, 2.05) is 26.8 Å². The summed E-state index contributed by atoms with van der Waals surface area (Å²) in [5.74, 6) is 1.26. The molecule has 0 bridgehead atoms. The fourth-order valence-corrected chi connectivity index (χ4v) is 6.01. The maximum atomic E-state index is 13.3. The smallest absolute Gasteiger partial charge is 0.270 e. The Hall–Kier alpha value is -2.11. The SMILES string of the molecule is CCCCn1c(N2CCCC(C)C2)c(/C=C2\SC(=S)N(C(C)CC)C2=O)c(C)c(C#N)c1=O. The highest BCUT2D eigenvalue weighted by Gasteiger charge is 2.35. The minimum absolute atomic E-state index is 0.0279. The molecule has 2 unspecified atom stereocenters. The van der Waals surface area contributed by atoms with E-state index in [1.165, 1.54) is 11.8 Å². The predicted octanol–water partition coefficient (Wildman–Crippen LogP) is 5.06. The van der Waals surface area contributed by atoms with E-state index in [2.05, 4.69) is 24.8 Å². The van der Waals surface area contributed by atoms with Crippen LogP contribution in [-0.4, -0.2) is 38.8 Å². The van der Waals surface area contributed by atoms with Gasteiger partial charge in [0.15, 0.2) is 0 Å². The Labute approximate surface area is 206 Å². The zero-order chi connectivity index (χ0) is 24.3. The number of aromatic nitrogens is 1. The van der Waals surface area contributed by atoms with E-state index in [9.17, 15) is 14.9 Å². The number of carbonyl (C=O) groups excluding carboxylic acids is 1. The second-order valence-electron chi connectivity index (χ2n) is 9.16. The number of anilines is 1. The van der Waals surface area contributed by atoms with Crippen molar-refractivity contribution >= 4 is 46.1 Å². The second kappa shape index (κ2) is 10.9. The van der Waals surface area contributed by atoms with Crippen molar-refractivity contribution in [2.75, 3.05) is 18.0 Å². The highest BCUT2D eigenvalue weighted by Crippen LogP contribution is 2.38. The Kier molecular flexibility index (Phi) is 8.41. The highest BCUT2D eigenvalue weighted by molar-refractivity contribution is 8.26. The van der Waals surface area contributed by atoms with E-state index in [0.29, 0.717) is 27.3 Å². The number of amides is 1. The molecule has 1 aromatic rings. The lowest BCUT2D eigenvalue weighted by molar-refractivity contribution is -0.123. The lowest BCUT2D eigenvalue weighted by atomic mass is 9.97. The third-order valence-electron chi connectivity index (χ3n) is 6.67. The van der Waals surface area contributed by atoms with Gasteiger partial charge in [-0.3, -0.25) is 19.1 Å². The van der Waals surface area contributed by atoms with E-state index in [-0.39, 0.29) is 23.1 Å². The third kappa shape index (κ3) is 5.04. The summed E-state index contributed by atoms with van der Waals surface area (Å²) in [6.07, 6.45) is 6.69. The molecule has 0 spiro atoms. The van der Waals surface area contributed by atoms with Gasteiger partial charge >= 0.3 is 0 Å². The normalized spacial score (nSPS) is 21.1. The zero-order valence-corrected chi connectivity index (χ0v) is 21.9. The molecule has 6 nitrogen and oxygen atoms in total. The Bertz CT molecular complexity index is 1070. The number of hydrogen-bond acceptors (Lipinski definition) is 6. The van der Waals surface area contributed by atoms with Gasteiger partial charge in [-0.25, -0.2) is 0 Å². The van der Waals surface area contributed by atoms with Gasteiger partial charge in [0.2, 0.25) is 0 Å². The molecule has 178 valence electrons. The van der Waals surface area contributed by atoms with Crippen LogP contribution >= 0.6 is 24.0 Å². The summed E-state index contributed by atoms with van der Waals surface area (Å²) in [5.41, 5.74) is 1.35. The van der Waals surface area contributed by atoms with E-state index in [0.717, 1.165) is 56.6 Å². The average molecular weight is 487 g/mol. The van der Waals surface area contributed by atoms with Crippen LogP contribution in [0, 0.1) is 24.2 Å². The fraction of sp³-hybridized carbons (Fsp3) is 0.600. The maximum absolute atomic E-state index is 13.3. The van der Waals surface area contributed by atoms with Gasteiger partial charge in [0.25, 0.3) is 11.5 Å². The van der Waals surface area contributed by atoms with Gasteiger partial charge in [-0.05, 0) is 57.1 Å². The van der Waals surface area contributed by atoms with Gasteiger partial charge < -0.3 is 4.90 Å². The molecule has 0 aliphatic carbocycles. The van der Waals surface area contributed by atoms with E-state index in [1.54, 1.807) is 9.47 Å². The molecule has 8 heteroatoms. The molecule has 3 rings (SSSR count). The number of thiocarbonyl (C=S) groups is 1. The molecule has 2 fully saturated rings. The van der Waals surface area contributed by atoms with Gasteiger partial charge in [-0.2, -0.15) is 5.26 Å². The van der Waals surface area contributed by atoms with Crippen LogP contribution in [0.2, 0.25) is 0 Å². The summed E-state index contributed by atoms with van der Waals surface area (Å²) in [6.45, 7) is 12.4. The van der Waals surface area contributed by atoms with Crippen LogP contribution in [0.3, 0.4) is 0 Å². The number of nitriles is 1. The van der Waals surface area contributed by atoms with Crippen molar-refractivity contribution in [1.29, 1.82) is 5.26 Å². The maximum Gasteiger partial charge on any atom is 0.270 e. The number of piperidine rings is 1. The fourth-order valence-electron chi connectivity index (χ4n) is 4.56. The monoisotopic (exact) mass is 486 g/mol. The van der Waals surface area contributed by atoms with Crippen molar-refractivity contribution in [2.24, 2.45) is 5.92 Å². The van der Waals surface area contributed by atoms with E-state index >= 15 is 0 Å². The van der Waals surface area contributed by atoms with Crippen molar-refractivity contribution in [3.05, 3.63) is 31.9 Å². The topological polar surface area (TPSA) is 69.3 Å². The van der Waals surface area contributed by atoms with Gasteiger partial charge in [0.05, 0.1) is 4.91 Å². The van der Waals surface area contributed by atoms with Crippen molar-refractivity contribution < 1.29 is 4.79 Å². The first-order valence-corrected chi connectivity index (χ1v) is 13.2. The summed E-state index contributed by atoms with van der Waals surface area (Å²) in [7, 11) is 0. The number of thioether (sulfide) groups is 1. The first kappa shape index (κ1) is 25.5. The van der Waals surface area contributed by atoms with Gasteiger partial charge in [-0.15, -0.1) is 0 Å². The Morgan fingerprint density at radius 2 is 2.06 bits per heavy atom. The average Bonchev–Trinajstić information content (AvgIpc) is 3.07. The van der Waals surface area contributed by atoms with Crippen LogP contribution < -0.4 is 10.5 Å². The van der Waals surface area contributed by atoms with Crippen LogP contribution in [-0.2, 0) is 11.3 Å². The lowest BCUT2D eigenvalue weighted by Crippen LogP contribution is -2.40. The molecule has 2 aliphatic heterocycles. The molecule has 0 saturated carbocycles. The molecule has 1 aromatic heterocycles. The van der Waals surface area contributed by atoms with Gasteiger partial charge in [0, 0.05) is 31.2 Å². The molecule has 3 heterocycles. The molecule has 33 heavy (non-hydrogen) atoms. The second-order valence-corrected chi connectivity index (χ2v) is 10.8. The summed E-state index contributed by atoms with van der Waals surface area (Å²) in [4.78, 5) is 31.1. The molecule has 2 saturated heterocycles. The van der Waals surface area contributed by atoms with Crippen LogP contribution in [0.15, 0.2) is 9.70 Å². The molecule has 0 radical (unpaired) electrons. The quantitative estimate of drug-likeness (QED) is 0.396. The number of unbranched alkanes of at least 4 members (excludes halogenated alkanes) is 1. The minimum atomic E-state index is -0.235. The first-order chi connectivity index (χ1) is 15.7. The number of carbonyl (C=O) groups is 1. The Balaban J connectivity index is 2.24. The molecular weight excluding hydrogens is 452 g/mol. The van der Waals surface area contributed by atoms with Crippen molar-refractivity contribution in [1.82, 2.24) is 9.47 Å². The zero-order valence-electron chi connectivity index (χ0n) is 20.3. The first-order valence-electron chi connectivity index (χ1n) is 11.9. The molecule has 1 amide bonds. The van der Waals surface area contributed by atoms with E-state index in [4.69, 9.17) is 12.2 Å². The summed E-state index contributed by atoms with van der Waals surface area (Å²) in [5, 5.41) is 9.82. The van der Waals surface area contributed by atoms with Gasteiger partial charge in [-0.1, -0.05) is 51.2 Å². The number of hydrogen-bond donors (Lipinski definition) is 0. The van der Waals surface area contributed by atoms with Crippen molar-refractivity contribution in [2.45, 2.75) is 79.3 Å². The molecule has 0 aromatic carbocycles. The number of rotatable bonds is 7. The summed E-state index contributed by atoms with van der Waals surface area (Å²) < 4.78 is 2.33. The molecule has 2 atom stereocenters. The van der Waals surface area contributed by atoms with Crippen LogP contribution in [0.5, 0.6) is 0 Å². The largest absolute Gasteiger partial charge is 0.357 e. The standard InChI is InChI=1S/C25H34N4O2S2/c1-6-8-12-28-22(27-11-9-10-16(3)15-27)19(18(5)20(14-26)23(28)30)13-21-24(31)29(17(4)7-2)25(32)33-21/h13,16-17H,6-12,15H2,1-5H3/b21-13-. The lowest BCUT2D eigenvalue weighted by Gasteiger charge is -2.36. The molecule has 0 N–H and O–H groups in total. The molecular formula is C25H34N4O2S2. The van der Waals surface area contributed by atoms with Crippen molar-refractivity contribution in [3.63, 3.8) is 0 Å². The van der Waals surface area contributed by atoms with Crippen LogP contribution in [0.1, 0.15) is 76.5 Å². The van der Waals surface area contributed by atoms with Crippen LogP contribution in [0.25, 0.3) is 6.08 Å². The predicted molar refractivity (Wildman–Crippen MR) is 140 cm³/mol. The van der Waals surface area contributed by atoms with Crippen molar-refractivity contribution in [3.8, 4) is 6.07 Å². The highest BCUT2D eigenvalue weighted by atomic mass is 32.2. The Morgan fingerprint density at radius 1 is 1.33 bits per heavy atom. The third-order valence-corrected chi connectivity index (χ3v) is 8.00. The van der Waals surface area contributed by atoms with Crippen LogP contribution in [0.4, 0.5) is 5.82 Å². The van der Waals surface area contributed by atoms with E-state index < -0.39 is 0 Å². The minimum Gasteiger partial charge on any atom is -0.357 e. The Morgan fingerprint density at radius 3 is 2.67 bits per heavy atom. The number of nitrogens with zero attached hydrogens (tertiary/aromatic N) is 4. The summed E-state index contributed by atoms with van der Waals surface area (Å²) in [6, 6.07) is 2.16. The van der Waals surface area contributed by atoms with Gasteiger partial charge in [0.1, 0.15) is 21.8 Å². The summed E-state index contributed by atoms with van der Waals surface area (Å²) >= 11 is 6.83. The molecule has 2 aliphatic rings.